The summed E-state index contributed by atoms with van der Waals surface area (Å²) in [5.41, 5.74) is 0. The van der Waals surface area contributed by atoms with Crippen LogP contribution in [0.1, 0.15) is 19.3 Å². The molecule has 1 rings (SSSR count). The molecule has 0 saturated heterocycles. The van der Waals surface area contributed by atoms with Crippen molar-refractivity contribution in [2.75, 3.05) is 14.2 Å². The van der Waals surface area contributed by atoms with Crippen molar-refractivity contribution in [2.45, 2.75) is 37.8 Å². The molecule has 2 atom stereocenters. The first-order valence-corrected chi connectivity index (χ1v) is 7.01. The Balaban J connectivity index is 2.55. The summed E-state index contributed by atoms with van der Waals surface area (Å²) >= 11 is 0. The number of cyclic esters (lactones) is 1. The minimum atomic E-state index is -0.503. The lowest BCUT2D eigenvalue weighted by molar-refractivity contribution is -0.154. The molecule has 1 aliphatic heterocycles. The quantitative estimate of drug-likeness (QED) is 0.280. The average Bonchev–Trinajstić information content (AvgIpc) is 2.52. The maximum Gasteiger partial charge on any atom is 0.331 e. The lowest BCUT2D eigenvalue weighted by atomic mass is 10.1. The Hall–Kier alpha value is -1.92. The fourth-order valence-corrected chi connectivity index (χ4v) is 1.94. The third kappa shape index (κ3) is 6.69. The number of ether oxygens (including phenoxy) is 4. The van der Waals surface area contributed by atoms with Crippen LogP contribution < -0.4 is 0 Å². The third-order valence-corrected chi connectivity index (χ3v) is 3.07. The van der Waals surface area contributed by atoms with E-state index in [1.165, 1.54) is 20.3 Å². The molecule has 0 aliphatic carbocycles. The van der Waals surface area contributed by atoms with Crippen molar-refractivity contribution < 1.29 is 28.5 Å². The van der Waals surface area contributed by atoms with E-state index >= 15 is 0 Å². The van der Waals surface area contributed by atoms with Crippen molar-refractivity contribution in [2.24, 2.45) is 0 Å². The number of methoxy groups -OCH3 is 2. The van der Waals surface area contributed by atoms with Gasteiger partial charge in [0.2, 0.25) is 0 Å². The second kappa shape index (κ2) is 9.92. The van der Waals surface area contributed by atoms with Crippen molar-refractivity contribution in [1.82, 2.24) is 0 Å². The molecule has 1 aliphatic rings. The normalized spacial score (nSPS) is 19.2. The van der Waals surface area contributed by atoms with Crippen molar-refractivity contribution in [3.05, 3.63) is 37.0 Å². The zero-order valence-corrected chi connectivity index (χ0v) is 12.9. The molecular formula is C16H22O6. The highest BCUT2D eigenvalue weighted by atomic mass is 16.7. The van der Waals surface area contributed by atoms with Crippen LogP contribution in [0.25, 0.3) is 0 Å². The van der Waals surface area contributed by atoms with E-state index in [-0.39, 0.29) is 12.1 Å². The Labute approximate surface area is 130 Å². The molecule has 6 heteroatoms. The molecule has 0 bridgehead atoms. The van der Waals surface area contributed by atoms with Gasteiger partial charge >= 0.3 is 11.9 Å². The second-order valence-electron chi connectivity index (χ2n) is 4.68. The van der Waals surface area contributed by atoms with E-state index in [2.05, 4.69) is 6.58 Å². The Bertz CT molecular complexity index is 436. The van der Waals surface area contributed by atoms with Gasteiger partial charge in [-0.15, -0.1) is 0 Å². The van der Waals surface area contributed by atoms with Crippen LogP contribution in [-0.4, -0.2) is 44.7 Å². The highest BCUT2D eigenvalue weighted by Gasteiger charge is 2.18. The second-order valence-corrected chi connectivity index (χ2v) is 4.68. The number of carbonyl (C=O) groups is 2. The molecular weight excluding hydrogens is 288 g/mol. The molecule has 1 heterocycles. The number of hydrogen-bond donors (Lipinski definition) is 0. The van der Waals surface area contributed by atoms with Crippen molar-refractivity contribution in [1.29, 1.82) is 0 Å². The molecule has 122 valence electrons. The van der Waals surface area contributed by atoms with Crippen LogP contribution in [0, 0.1) is 0 Å². The van der Waals surface area contributed by atoms with E-state index in [0.29, 0.717) is 19.3 Å². The van der Waals surface area contributed by atoms with Crippen LogP contribution in [-0.2, 0) is 28.5 Å². The van der Waals surface area contributed by atoms with Crippen molar-refractivity contribution in [3.8, 4) is 0 Å². The number of carbonyl (C=O) groups excluding carboxylic acids is 2. The summed E-state index contributed by atoms with van der Waals surface area (Å²) < 4.78 is 20.6. The number of hydrogen-bond acceptors (Lipinski definition) is 6. The fraction of sp³-hybridized carbons (Fsp3) is 0.500. The summed E-state index contributed by atoms with van der Waals surface area (Å²) in [5, 5.41) is 0. The van der Waals surface area contributed by atoms with E-state index in [9.17, 15) is 9.59 Å². The van der Waals surface area contributed by atoms with Gasteiger partial charge in [0, 0.05) is 45.6 Å². The van der Waals surface area contributed by atoms with Gasteiger partial charge in [-0.05, 0) is 6.08 Å². The average molecular weight is 310 g/mol. The lowest BCUT2D eigenvalue weighted by Gasteiger charge is -2.21. The van der Waals surface area contributed by atoms with Gasteiger partial charge in [0.25, 0.3) is 0 Å². The molecule has 0 amide bonds. The van der Waals surface area contributed by atoms with Crippen LogP contribution in [0.4, 0.5) is 0 Å². The number of esters is 2. The molecule has 6 nitrogen and oxygen atoms in total. The first kappa shape index (κ1) is 18.1. The molecule has 0 radical (unpaired) electrons. The van der Waals surface area contributed by atoms with E-state index in [0.717, 1.165) is 6.08 Å². The molecule has 0 aromatic carbocycles. The lowest BCUT2D eigenvalue weighted by Crippen LogP contribution is -2.25. The van der Waals surface area contributed by atoms with Crippen LogP contribution >= 0.6 is 0 Å². The maximum atomic E-state index is 11.4. The summed E-state index contributed by atoms with van der Waals surface area (Å²) in [6.45, 7) is 3.38. The van der Waals surface area contributed by atoms with E-state index in [4.69, 9.17) is 18.9 Å². The Morgan fingerprint density at radius 2 is 2.23 bits per heavy atom. The SMILES string of the molecule is C=CC(=O)O[C@@H](C/C=C/[C@H]1CC=CC(=O)O1)CC(OC)OC. The summed E-state index contributed by atoms with van der Waals surface area (Å²) in [5.74, 6) is -0.856. The van der Waals surface area contributed by atoms with Crippen LogP contribution in [0.15, 0.2) is 37.0 Å². The summed E-state index contributed by atoms with van der Waals surface area (Å²) in [6.07, 6.45) is 8.20. The zero-order chi connectivity index (χ0) is 16.4. The first-order valence-electron chi connectivity index (χ1n) is 7.01. The largest absolute Gasteiger partial charge is 0.459 e. The topological polar surface area (TPSA) is 71.1 Å². The highest BCUT2D eigenvalue weighted by molar-refractivity contribution is 5.83. The van der Waals surface area contributed by atoms with E-state index < -0.39 is 18.4 Å². The maximum absolute atomic E-state index is 11.4. The zero-order valence-electron chi connectivity index (χ0n) is 12.9. The van der Waals surface area contributed by atoms with E-state index in [1.807, 2.05) is 6.08 Å². The van der Waals surface area contributed by atoms with Crippen LogP contribution in [0.5, 0.6) is 0 Å². The summed E-state index contributed by atoms with van der Waals surface area (Å²) in [6, 6.07) is 0. The van der Waals surface area contributed by atoms with Gasteiger partial charge in [-0.25, -0.2) is 9.59 Å². The van der Waals surface area contributed by atoms with Gasteiger partial charge in [-0.1, -0.05) is 18.7 Å². The standard InChI is InChI=1S/C16H22O6/c1-4-14(17)22-13(11-16(19-2)20-3)9-5-7-12-8-6-10-15(18)21-12/h4-7,10,12-13,16H,1,8-9,11H2,2-3H3/b7-5+/t12-,13-/m0/s1. The fourth-order valence-electron chi connectivity index (χ4n) is 1.94. The number of rotatable bonds is 9. The monoisotopic (exact) mass is 310 g/mol. The van der Waals surface area contributed by atoms with Crippen LogP contribution in [0.2, 0.25) is 0 Å². The predicted octanol–water partition coefficient (Wildman–Crippen LogP) is 1.91. The Morgan fingerprint density at radius 1 is 1.50 bits per heavy atom. The molecule has 0 aromatic rings. The first-order chi connectivity index (χ1) is 10.6. The van der Waals surface area contributed by atoms with Gasteiger partial charge < -0.3 is 18.9 Å². The molecule has 0 aromatic heterocycles. The van der Waals surface area contributed by atoms with Crippen LogP contribution in [0.3, 0.4) is 0 Å². The smallest absolute Gasteiger partial charge is 0.331 e. The third-order valence-electron chi connectivity index (χ3n) is 3.07. The van der Waals surface area contributed by atoms with Gasteiger partial charge in [-0.2, -0.15) is 0 Å². The minimum absolute atomic E-state index is 0.283. The summed E-state index contributed by atoms with van der Waals surface area (Å²) in [4.78, 5) is 22.5. The molecule has 22 heavy (non-hydrogen) atoms. The molecule has 0 spiro atoms. The van der Waals surface area contributed by atoms with E-state index in [1.54, 1.807) is 12.2 Å². The van der Waals surface area contributed by atoms with Crippen molar-refractivity contribution in [3.63, 3.8) is 0 Å². The minimum Gasteiger partial charge on any atom is -0.459 e. The highest BCUT2D eigenvalue weighted by Crippen LogP contribution is 2.14. The van der Waals surface area contributed by atoms with Crippen molar-refractivity contribution >= 4 is 11.9 Å². The van der Waals surface area contributed by atoms with Gasteiger partial charge in [0.05, 0.1) is 0 Å². The van der Waals surface area contributed by atoms with Gasteiger partial charge in [-0.3, -0.25) is 0 Å². The molecule has 0 saturated carbocycles. The Kier molecular flexibility index (Phi) is 8.17. The Morgan fingerprint density at radius 3 is 2.82 bits per heavy atom. The molecule has 0 N–H and O–H groups in total. The molecule has 0 unspecified atom stereocenters. The van der Waals surface area contributed by atoms with Gasteiger partial charge in [0.1, 0.15) is 12.2 Å². The predicted molar refractivity (Wildman–Crippen MR) is 79.9 cm³/mol. The summed E-state index contributed by atoms with van der Waals surface area (Å²) in [7, 11) is 3.04. The van der Waals surface area contributed by atoms with Gasteiger partial charge in [0.15, 0.2) is 6.29 Å². The molecule has 0 fully saturated rings.